The second-order valence-electron chi connectivity index (χ2n) is 7.79. The summed E-state index contributed by atoms with van der Waals surface area (Å²) in [6, 6.07) is 9.40. The fourth-order valence-electron chi connectivity index (χ4n) is 3.56. The number of piperidine rings is 1. The van der Waals surface area contributed by atoms with Gasteiger partial charge in [-0.2, -0.15) is 4.99 Å². The average Bonchev–Trinajstić information content (AvgIpc) is 2.92. The summed E-state index contributed by atoms with van der Waals surface area (Å²) in [5.41, 5.74) is 8.96. The molecule has 1 aliphatic heterocycles. The number of amides is 1. The Hall–Kier alpha value is -3.04. The van der Waals surface area contributed by atoms with E-state index in [1.54, 1.807) is 4.90 Å². The predicted octanol–water partition coefficient (Wildman–Crippen LogP) is 3.82. The molecule has 0 aliphatic carbocycles. The van der Waals surface area contributed by atoms with E-state index in [0.29, 0.717) is 55.5 Å². The number of nitrogens with one attached hydrogen (secondary N) is 2. The van der Waals surface area contributed by atoms with Crippen molar-refractivity contribution < 1.29 is 9.90 Å². The zero-order valence-corrected chi connectivity index (χ0v) is 23.3. The number of aliphatic hydroxyl groups is 1. The number of hydrazine groups is 1. The van der Waals surface area contributed by atoms with Gasteiger partial charge >= 0.3 is 0 Å². The number of aliphatic hydroxyl groups excluding tert-OH is 1. The van der Waals surface area contributed by atoms with Crippen molar-refractivity contribution in [3.63, 3.8) is 0 Å². The largest absolute Gasteiger partial charge is 0.393 e. The van der Waals surface area contributed by atoms with Gasteiger partial charge in [0.1, 0.15) is 11.3 Å². The lowest BCUT2D eigenvalue weighted by Crippen LogP contribution is -2.40. The zero-order valence-electron chi connectivity index (χ0n) is 23.3. The van der Waals surface area contributed by atoms with Crippen LogP contribution in [0.25, 0.3) is 11.3 Å². The molecule has 0 bridgehead atoms. The summed E-state index contributed by atoms with van der Waals surface area (Å²) in [4.78, 5) is 28.7. The summed E-state index contributed by atoms with van der Waals surface area (Å²) in [5.74, 6) is 1.17. The lowest BCUT2D eigenvalue weighted by atomic mass is 10.0. The molecule has 9 heteroatoms. The Balaban J connectivity index is 0.00000154. The van der Waals surface area contributed by atoms with Gasteiger partial charge in [0, 0.05) is 50.4 Å². The minimum atomic E-state index is -0.315. The van der Waals surface area contributed by atoms with Crippen LogP contribution in [0, 0.1) is 0 Å². The van der Waals surface area contributed by atoms with Gasteiger partial charge in [0.25, 0.3) is 5.91 Å². The number of amidine groups is 1. The molecule has 3 N–H and O–H groups in total. The van der Waals surface area contributed by atoms with Crippen LogP contribution in [0.4, 0.5) is 5.95 Å². The van der Waals surface area contributed by atoms with Crippen LogP contribution in [0.3, 0.4) is 0 Å². The Bertz CT molecular complexity index is 1040. The third-order valence-corrected chi connectivity index (χ3v) is 5.32. The van der Waals surface area contributed by atoms with Crippen molar-refractivity contribution in [3.8, 4) is 11.3 Å². The zero-order chi connectivity index (χ0) is 27.1. The van der Waals surface area contributed by atoms with E-state index in [0.717, 1.165) is 17.6 Å². The quantitative estimate of drug-likeness (QED) is 0.318. The van der Waals surface area contributed by atoms with Gasteiger partial charge in [-0.3, -0.25) is 14.4 Å². The molecule has 0 atom stereocenters. The van der Waals surface area contributed by atoms with Crippen LogP contribution in [0.2, 0.25) is 0 Å². The number of benzene rings is 1. The first-order valence-corrected chi connectivity index (χ1v) is 13.1. The number of aliphatic imine (C=N–C) groups is 1. The monoisotopic (exact) mass is 499 g/mol. The number of aromatic nitrogens is 2. The van der Waals surface area contributed by atoms with Gasteiger partial charge in [-0.05, 0) is 38.8 Å². The molecule has 3 rings (SSSR count). The molecular weight excluding hydrogens is 454 g/mol. The van der Waals surface area contributed by atoms with Gasteiger partial charge in [0.2, 0.25) is 5.95 Å². The lowest BCUT2D eigenvalue weighted by Gasteiger charge is -2.29. The van der Waals surface area contributed by atoms with E-state index >= 15 is 0 Å². The normalized spacial score (nSPS) is 14.4. The smallest absolute Gasteiger partial charge is 0.253 e. The van der Waals surface area contributed by atoms with E-state index in [4.69, 9.17) is 4.98 Å². The Morgan fingerprint density at radius 3 is 2.42 bits per heavy atom. The van der Waals surface area contributed by atoms with Crippen molar-refractivity contribution >= 4 is 17.7 Å². The maximum atomic E-state index is 13.0. The maximum Gasteiger partial charge on any atom is 0.253 e. The van der Waals surface area contributed by atoms with Gasteiger partial charge in [-0.15, -0.1) is 0 Å². The molecule has 1 fully saturated rings. The van der Waals surface area contributed by atoms with E-state index in [-0.39, 0.29) is 12.0 Å². The van der Waals surface area contributed by atoms with Gasteiger partial charge in [-0.25, -0.2) is 10.4 Å². The van der Waals surface area contributed by atoms with Crippen LogP contribution in [0.15, 0.2) is 40.3 Å². The van der Waals surface area contributed by atoms with E-state index < -0.39 is 0 Å². The van der Waals surface area contributed by atoms with Gasteiger partial charge in [0.15, 0.2) is 0 Å². The topological polar surface area (TPSA) is 107 Å². The summed E-state index contributed by atoms with van der Waals surface area (Å²) in [5, 5.41) is 9.72. The number of rotatable bonds is 6. The summed E-state index contributed by atoms with van der Waals surface area (Å²) in [7, 11) is 1.88. The molecule has 1 aromatic carbocycles. The minimum absolute atomic E-state index is 0.0253. The first-order chi connectivity index (χ1) is 17.4. The molecule has 0 spiro atoms. The molecule has 36 heavy (non-hydrogen) atoms. The van der Waals surface area contributed by atoms with E-state index in [9.17, 15) is 9.90 Å². The summed E-state index contributed by atoms with van der Waals surface area (Å²) >= 11 is 0. The number of nitrogens with zero attached hydrogens (tertiary/aromatic N) is 5. The van der Waals surface area contributed by atoms with E-state index in [1.165, 1.54) is 0 Å². The molecule has 2 aromatic rings. The second-order valence-corrected chi connectivity index (χ2v) is 7.79. The van der Waals surface area contributed by atoms with Crippen molar-refractivity contribution in [1.29, 1.82) is 0 Å². The van der Waals surface area contributed by atoms with Crippen LogP contribution in [0.5, 0.6) is 0 Å². The molecule has 1 saturated heterocycles. The SMILES string of the molecule is CC.CC.CCN=c1cc(-c2cccc(C(=O)N3CCC(O)CC3)c2)nc(/N=C(\C)NNCC)n1C. The highest BCUT2D eigenvalue weighted by Gasteiger charge is 2.22. The number of carbonyl (C=O) groups excluding carboxylic acids is 1. The summed E-state index contributed by atoms with van der Waals surface area (Å²) in [6.45, 7) is 16.4. The molecule has 2 heterocycles. The van der Waals surface area contributed by atoms with Crippen molar-refractivity contribution in [2.45, 2.75) is 67.4 Å². The Labute approximate surface area is 216 Å². The fraction of sp³-hybridized carbons (Fsp3) is 0.556. The Morgan fingerprint density at radius 2 is 1.81 bits per heavy atom. The summed E-state index contributed by atoms with van der Waals surface area (Å²) < 4.78 is 1.85. The Kier molecular flexibility index (Phi) is 14.3. The van der Waals surface area contributed by atoms with Crippen molar-refractivity contribution in [3.05, 3.63) is 41.4 Å². The van der Waals surface area contributed by atoms with E-state index in [1.807, 2.05) is 90.4 Å². The second kappa shape index (κ2) is 16.6. The number of hydrogen-bond acceptors (Lipinski definition) is 6. The van der Waals surface area contributed by atoms with E-state index in [2.05, 4.69) is 20.8 Å². The summed E-state index contributed by atoms with van der Waals surface area (Å²) in [6.07, 6.45) is 0.919. The van der Waals surface area contributed by atoms with Crippen molar-refractivity contribution in [2.24, 2.45) is 17.0 Å². The molecule has 0 unspecified atom stereocenters. The highest BCUT2D eigenvalue weighted by atomic mass is 16.3. The molecule has 1 amide bonds. The highest BCUT2D eigenvalue weighted by Crippen LogP contribution is 2.21. The average molecular weight is 500 g/mol. The first kappa shape index (κ1) is 31.0. The van der Waals surface area contributed by atoms with Crippen molar-refractivity contribution in [1.82, 2.24) is 25.3 Å². The predicted molar refractivity (Wildman–Crippen MR) is 148 cm³/mol. The molecular formula is C27H45N7O2. The molecule has 200 valence electrons. The molecule has 0 radical (unpaired) electrons. The molecule has 1 aliphatic rings. The van der Waals surface area contributed by atoms with Crippen molar-refractivity contribution in [2.75, 3.05) is 26.2 Å². The first-order valence-electron chi connectivity index (χ1n) is 13.1. The van der Waals surface area contributed by atoms with Crippen LogP contribution >= 0.6 is 0 Å². The third kappa shape index (κ3) is 8.87. The van der Waals surface area contributed by atoms with Crippen LogP contribution in [0.1, 0.15) is 71.7 Å². The number of carbonyl (C=O) groups is 1. The number of hydrogen-bond donors (Lipinski definition) is 3. The number of likely N-dealkylation sites (tertiary alicyclic amines) is 1. The molecule has 0 saturated carbocycles. The highest BCUT2D eigenvalue weighted by molar-refractivity contribution is 5.95. The van der Waals surface area contributed by atoms with Crippen LogP contribution < -0.4 is 16.3 Å². The van der Waals surface area contributed by atoms with Gasteiger partial charge in [0.05, 0.1) is 11.8 Å². The standard InChI is InChI=1S/C23H33N7O2.2C2H6/c1-5-24-21-15-20(27-23(29(21)4)26-16(3)28-25-6-2)17-8-7-9-18(14-17)22(32)30-12-10-19(31)11-13-30;2*1-2/h7-9,14-15,19,25,31H,5-6,10-13H2,1-4H3,(H,26,27,28);2*1-2H3. The fourth-order valence-corrected chi connectivity index (χ4v) is 3.56. The third-order valence-electron chi connectivity index (χ3n) is 5.32. The van der Waals surface area contributed by atoms with Crippen LogP contribution in [-0.2, 0) is 7.05 Å². The maximum absolute atomic E-state index is 13.0. The van der Waals surface area contributed by atoms with Gasteiger partial charge < -0.3 is 15.4 Å². The minimum Gasteiger partial charge on any atom is -0.393 e. The molecule has 1 aromatic heterocycles. The lowest BCUT2D eigenvalue weighted by molar-refractivity contribution is 0.0546. The molecule has 9 nitrogen and oxygen atoms in total. The van der Waals surface area contributed by atoms with Crippen LogP contribution in [-0.4, -0.2) is 63.6 Å². The Morgan fingerprint density at radius 1 is 1.14 bits per heavy atom. The van der Waals surface area contributed by atoms with Gasteiger partial charge in [-0.1, -0.05) is 46.8 Å².